The zero-order chi connectivity index (χ0) is 13.2. The standard InChI is InChI=1S/C10H9F5O2/c1-2-4(16)3-17-10-8(14)6(12)5(11)7(13)9(10)15/h4,16H,2-3H2,1H3. The summed E-state index contributed by atoms with van der Waals surface area (Å²) in [6.07, 6.45) is -0.833. The maximum absolute atomic E-state index is 13.0. The van der Waals surface area contributed by atoms with Crippen LogP contribution in [-0.4, -0.2) is 17.8 Å². The van der Waals surface area contributed by atoms with Gasteiger partial charge in [-0.3, -0.25) is 0 Å². The van der Waals surface area contributed by atoms with Crippen molar-refractivity contribution < 1.29 is 31.8 Å². The van der Waals surface area contributed by atoms with Gasteiger partial charge in [0, 0.05) is 0 Å². The lowest BCUT2D eigenvalue weighted by molar-refractivity contribution is 0.0978. The molecular weight excluding hydrogens is 247 g/mol. The molecule has 0 bridgehead atoms. The van der Waals surface area contributed by atoms with Gasteiger partial charge in [0.1, 0.15) is 6.61 Å². The minimum Gasteiger partial charge on any atom is -0.485 e. The molecule has 0 amide bonds. The van der Waals surface area contributed by atoms with Gasteiger partial charge in [-0.1, -0.05) is 6.92 Å². The van der Waals surface area contributed by atoms with E-state index < -0.39 is 47.5 Å². The molecule has 7 heteroatoms. The average Bonchev–Trinajstić information content (AvgIpc) is 2.33. The fourth-order valence-electron chi connectivity index (χ4n) is 1.01. The molecule has 1 rings (SSSR count). The van der Waals surface area contributed by atoms with Gasteiger partial charge in [0.25, 0.3) is 0 Å². The molecule has 0 fully saturated rings. The number of ether oxygens (including phenoxy) is 1. The first-order chi connectivity index (χ1) is 7.90. The molecular formula is C10H9F5O2. The van der Waals surface area contributed by atoms with Crippen LogP contribution in [0.15, 0.2) is 0 Å². The minimum absolute atomic E-state index is 0.218. The maximum atomic E-state index is 13.0. The number of hydrogen-bond acceptors (Lipinski definition) is 2. The molecule has 0 spiro atoms. The third kappa shape index (κ3) is 2.66. The Bertz CT molecular complexity index is 393. The number of rotatable bonds is 4. The van der Waals surface area contributed by atoms with Crippen LogP contribution in [0.4, 0.5) is 22.0 Å². The molecule has 0 saturated heterocycles. The summed E-state index contributed by atoms with van der Waals surface area (Å²) in [7, 11) is 0. The molecule has 0 aliphatic carbocycles. The summed E-state index contributed by atoms with van der Waals surface area (Å²) < 4.78 is 68.5. The summed E-state index contributed by atoms with van der Waals surface area (Å²) in [5.41, 5.74) is 0. The largest absolute Gasteiger partial charge is 0.485 e. The van der Waals surface area contributed by atoms with Gasteiger partial charge in [-0.25, -0.2) is 13.2 Å². The van der Waals surface area contributed by atoms with Gasteiger partial charge in [-0.15, -0.1) is 0 Å². The summed E-state index contributed by atoms with van der Waals surface area (Å²) in [5.74, 6) is -11.9. The first-order valence-electron chi connectivity index (χ1n) is 4.72. The Balaban J connectivity index is 3.07. The summed E-state index contributed by atoms with van der Waals surface area (Å²) in [6, 6.07) is 0. The maximum Gasteiger partial charge on any atom is 0.206 e. The van der Waals surface area contributed by atoms with Gasteiger partial charge in [0.05, 0.1) is 6.10 Å². The van der Waals surface area contributed by atoms with Gasteiger partial charge in [-0.05, 0) is 6.42 Å². The van der Waals surface area contributed by atoms with E-state index in [1.54, 1.807) is 6.92 Å². The topological polar surface area (TPSA) is 29.5 Å². The fourth-order valence-corrected chi connectivity index (χ4v) is 1.01. The number of aliphatic hydroxyl groups excluding tert-OH is 1. The normalized spacial score (nSPS) is 12.6. The van der Waals surface area contributed by atoms with E-state index in [1.807, 2.05) is 0 Å². The Labute approximate surface area is 93.6 Å². The van der Waals surface area contributed by atoms with Crippen molar-refractivity contribution in [2.45, 2.75) is 19.4 Å². The van der Waals surface area contributed by atoms with Crippen LogP contribution >= 0.6 is 0 Å². The highest BCUT2D eigenvalue weighted by Crippen LogP contribution is 2.29. The molecule has 1 N–H and O–H groups in total. The lowest BCUT2D eigenvalue weighted by Gasteiger charge is -2.12. The Kier molecular flexibility index (Phi) is 4.28. The molecule has 0 aromatic heterocycles. The summed E-state index contributed by atoms with van der Waals surface area (Å²) in [5, 5.41) is 9.06. The molecule has 1 unspecified atom stereocenters. The summed E-state index contributed by atoms with van der Waals surface area (Å²) in [4.78, 5) is 0. The quantitative estimate of drug-likeness (QED) is 0.509. The zero-order valence-corrected chi connectivity index (χ0v) is 8.74. The SMILES string of the molecule is CCC(O)COc1c(F)c(F)c(F)c(F)c1F. The van der Waals surface area contributed by atoms with Gasteiger partial charge in [-0.2, -0.15) is 8.78 Å². The van der Waals surface area contributed by atoms with E-state index in [2.05, 4.69) is 4.74 Å². The first kappa shape index (κ1) is 13.7. The zero-order valence-electron chi connectivity index (χ0n) is 8.74. The molecule has 0 saturated carbocycles. The molecule has 1 atom stereocenters. The van der Waals surface area contributed by atoms with Crippen molar-refractivity contribution in [1.82, 2.24) is 0 Å². The van der Waals surface area contributed by atoms with Crippen molar-refractivity contribution in [3.05, 3.63) is 29.1 Å². The predicted octanol–water partition coefficient (Wildman–Crippen LogP) is 2.53. The van der Waals surface area contributed by atoms with Crippen LogP contribution < -0.4 is 4.74 Å². The fraction of sp³-hybridized carbons (Fsp3) is 0.400. The van der Waals surface area contributed by atoms with Crippen LogP contribution in [0.3, 0.4) is 0 Å². The van der Waals surface area contributed by atoms with Crippen molar-refractivity contribution in [1.29, 1.82) is 0 Å². The van der Waals surface area contributed by atoms with Gasteiger partial charge >= 0.3 is 0 Å². The molecule has 1 aromatic rings. The number of benzene rings is 1. The Morgan fingerprint density at radius 2 is 1.35 bits per heavy atom. The molecule has 0 heterocycles. The van der Waals surface area contributed by atoms with Crippen LogP contribution in [0, 0.1) is 29.1 Å². The lowest BCUT2D eigenvalue weighted by atomic mass is 10.2. The van der Waals surface area contributed by atoms with Crippen LogP contribution in [0.5, 0.6) is 5.75 Å². The van der Waals surface area contributed by atoms with Crippen LogP contribution in [0.2, 0.25) is 0 Å². The van der Waals surface area contributed by atoms with Crippen molar-refractivity contribution in [2.75, 3.05) is 6.61 Å². The number of halogens is 5. The Hall–Kier alpha value is -1.37. The number of aliphatic hydroxyl groups is 1. The first-order valence-corrected chi connectivity index (χ1v) is 4.72. The molecule has 1 aromatic carbocycles. The second-order valence-corrected chi connectivity index (χ2v) is 3.27. The van der Waals surface area contributed by atoms with E-state index >= 15 is 0 Å². The average molecular weight is 256 g/mol. The lowest BCUT2D eigenvalue weighted by Crippen LogP contribution is -2.18. The van der Waals surface area contributed by atoms with E-state index in [4.69, 9.17) is 5.11 Å². The van der Waals surface area contributed by atoms with E-state index in [9.17, 15) is 22.0 Å². The monoisotopic (exact) mass is 256 g/mol. The highest BCUT2D eigenvalue weighted by Gasteiger charge is 2.27. The van der Waals surface area contributed by atoms with Gasteiger partial charge < -0.3 is 9.84 Å². The van der Waals surface area contributed by atoms with Crippen LogP contribution in [-0.2, 0) is 0 Å². The highest BCUT2D eigenvalue weighted by molar-refractivity contribution is 5.29. The van der Waals surface area contributed by atoms with Crippen molar-refractivity contribution in [3.8, 4) is 5.75 Å². The Morgan fingerprint density at radius 3 is 1.76 bits per heavy atom. The Morgan fingerprint density at radius 1 is 0.941 bits per heavy atom. The van der Waals surface area contributed by atoms with E-state index in [0.29, 0.717) is 0 Å². The minimum atomic E-state index is -2.25. The summed E-state index contributed by atoms with van der Waals surface area (Å²) in [6.45, 7) is 1.00. The smallest absolute Gasteiger partial charge is 0.206 e. The molecule has 0 radical (unpaired) electrons. The molecule has 17 heavy (non-hydrogen) atoms. The third-order valence-corrected chi connectivity index (χ3v) is 2.06. The number of hydrogen-bond donors (Lipinski definition) is 1. The summed E-state index contributed by atoms with van der Waals surface area (Å²) >= 11 is 0. The van der Waals surface area contributed by atoms with Crippen LogP contribution in [0.1, 0.15) is 13.3 Å². The molecule has 0 aliphatic heterocycles. The van der Waals surface area contributed by atoms with Gasteiger partial charge in [0.15, 0.2) is 5.75 Å². The van der Waals surface area contributed by atoms with Crippen LogP contribution in [0.25, 0.3) is 0 Å². The van der Waals surface area contributed by atoms with Gasteiger partial charge in [0.2, 0.25) is 29.1 Å². The highest BCUT2D eigenvalue weighted by atomic mass is 19.2. The van der Waals surface area contributed by atoms with E-state index in [0.717, 1.165) is 0 Å². The molecule has 2 nitrogen and oxygen atoms in total. The van der Waals surface area contributed by atoms with Crippen molar-refractivity contribution >= 4 is 0 Å². The van der Waals surface area contributed by atoms with E-state index in [-0.39, 0.29) is 6.42 Å². The van der Waals surface area contributed by atoms with Crippen molar-refractivity contribution in [3.63, 3.8) is 0 Å². The molecule has 96 valence electrons. The second kappa shape index (κ2) is 5.31. The predicted molar refractivity (Wildman–Crippen MR) is 48.0 cm³/mol. The van der Waals surface area contributed by atoms with E-state index in [1.165, 1.54) is 0 Å². The third-order valence-electron chi connectivity index (χ3n) is 2.06. The van der Waals surface area contributed by atoms with Crippen molar-refractivity contribution in [2.24, 2.45) is 0 Å². The molecule has 0 aliphatic rings. The second-order valence-electron chi connectivity index (χ2n) is 3.27.